The fourth-order valence-corrected chi connectivity index (χ4v) is 3.20. The average Bonchev–Trinajstić information content (AvgIpc) is 3.17. The maximum atomic E-state index is 12.1. The number of nitrogens with zero attached hydrogens (tertiary/aromatic N) is 2. The highest BCUT2D eigenvalue weighted by Gasteiger charge is 2.23. The van der Waals surface area contributed by atoms with Crippen molar-refractivity contribution in [2.75, 3.05) is 5.32 Å². The first kappa shape index (κ1) is 18.4. The zero-order valence-corrected chi connectivity index (χ0v) is 14.6. The summed E-state index contributed by atoms with van der Waals surface area (Å²) < 4.78 is 0. The average molecular weight is 350 g/mol. The molecule has 0 spiro atoms. The second-order valence-corrected chi connectivity index (χ2v) is 6.42. The molecule has 1 aromatic carbocycles. The van der Waals surface area contributed by atoms with Crippen LogP contribution in [0.15, 0.2) is 24.3 Å². The third-order valence-corrected chi connectivity index (χ3v) is 4.43. The van der Waals surface area contributed by atoms with Crippen LogP contribution in [0.5, 0.6) is 0 Å². The SMILES string of the molecule is CC1CCC(CC(=O)Nc2ccc(-c3n[nH]c(CN)n3)cc2)C1.Cl. The highest BCUT2D eigenvalue weighted by Crippen LogP contribution is 2.32. The molecule has 130 valence electrons. The zero-order valence-electron chi connectivity index (χ0n) is 13.8. The van der Waals surface area contributed by atoms with E-state index in [-0.39, 0.29) is 18.3 Å². The normalized spacial score (nSPS) is 19.8. The van der Waals surface area contributed by atoms with Crippen molar-refractivity contribution in [2.24, 2.45) is 17.6 Å². The second-order valence-electron chi connectivity index (χ2n) is 6.42. The molecule has 2 aromatic rings. The summed E-state index contributed by atoms with van der Waals surface area (Å²) in [5.41, 5.74) is 7.21. The van der Waals surface area contributed by atoms with E-state index in [1.165, 1.54) is 19.3 Å². The van der Waals surface area contributed by atoms with Crippen LogP contribution in [-0.4, -0.2) is 21.1 Å². The lowest BCUT2D eigenvalue weighted by Gasteiger charge is -2.10. The van der Waals surface area contributed by atoms with Gasteiger partial charge in [-0.2, -0.15) is 5.10 Å². The number of nitrogens with two attached hydrogens (primary N) is 1. The van der Waals surface area contributed by atoms with Crippen molar-refractivity contribution < 1.29 is 4.79 Å². The van der Waals surface area contributed by atoms with Crippen LogP contribution in [0.4, 0.5) is 5.69 Å². The molecule has 2 unspecified atom stereocenters. The second kappa shape index (κ2) is 8.26. The van der Waals surface area contributed by atoms with Crippen LogP contribution in [0, 0.1) is 11.8 Å². The summed E-state index contributed by atoms with van der Waals surface area (Å²) in [4.78, 5) is 16.4. The van der Waals surface area contributed by atoms with Crippen LogP contribution >= 0.6 is 12.4 Å². The number of hydrogen-bond acceptors (Lipinski definition) is 4. The molecule has 0 saturated heterocycles. The predicted octanol–water partition coefficient (Wildman–Crippen LogP) is 3.12. The van der Waals surface area contributed by atoms with Crippen LogP contribution in [0.2, 0.25) is 0 Å². The Morgan fingerprint density at radius 1 is 1.33 bits per heavy atom. The lowest BCUT2D eigenvalue weighted by molar-refractivity contribution is -0.117. The van der Waals surface area contributed by atoms with Crippen molar-refractivity contribution in [1.29, 1.82) is 0 Å². The van der Waals surface area contributed by atoms with Crippen molar-refractivity contribution >= 4 is 24.0 Å². The molecule has 0 radical (unpaired) electrons. The molecule has 4 N–H and O–H groups in total. The molecule has 1 aliphatic carbocycles. The Bertz CT molecular complexity index is 670. The molecule has 0 aliphatic heterocycles. The van der Waals surface area contributed by atoms with Crippen LogP contribution in [-0.2, 0) is 11.3 Å². The standard InChI is InChI=1S/C17H23N5O.ClH/c1-11-2-3-12(8-11)9-16(23)19-14-6-4-13(5-7-14)17-20-15(10-18)21-22-17;/h4-7,11-12H,2-3,8-10,18H2,1H3,(H,19,23)(H,20,21,22);1H. The van der Waals surface area contributed by atoms with E-state index in [9.17, 15) is 4.79 Å². The number of amides is 1. The lowest BCUT2D eigenvalue weighted by atomic mass is 10.0. The van der Waals surface area contributed by atoms with Gasteiger partial charge in [0.15, 0.2) is 5.82 Å². The van der Waals surface area contributed by atoms with Gasteiger partial charge >= 0.3 is 0 Å². The van der Waals surface area contributed by atoms with Gasteiger partial charge in [0.05, 0.1) is 6.54 Å². The fraction of sp³-hybridized carbons (Fsp3) is 0.471. The maximum absolute atomic E-state index is 12.1. The minimum Gasteiger partial charge on any atom is -0.326 e. The number of halogens is 1. The van der Waals surface area contributed by atoms with Gasteiger partial charge in [0.1, 0.15) is 5.82 Å². The molecule has 1 amide bonds. The van der Waals surface area contributed by atoms with Crippen molar-refractivity contribution in [3.05, 3.63) is 30.1 Å². The number of benzene rings is 1. The predicted molar refractivity (Wildman–Crippen MR) is 96.7 cm³/mol. The number of H-pyrrole nitrogens is 1. The number of anilines is 1. The Hall–Kier alpha value is -1.92. The Morgan fingerprint density at radius 3 is 2.67 bits per heavy atom. The number of carbonyl (C=O) groups is 1. The van der Waals surface area contributed by atoms with Gasteiger partial charge in [0.2, 0.25) is 5.91 Å². The van der Waals surface area contributed by atoms with E-state index in [1.54, 1.807) is 0 Å². The molecule has 7 heteroatoms. The Labute approximate surface area is 148 Å². The summed E-state index contributed by atoms with van der Waals surface area (Å²) in [7, 11) is 0. The van der Waals surface area contributed by atoms with Crippen molar-refractivity contribution in [3.8, 4) is 11.4 Å². The molecule has 0 bridgehead atoms. The number of aromatic nitrogens is 3. The first-order chi connectivity index (χ1) is 11.1. The molecule has 2 atom stereocenters. The summed E-state index contributed by atoms with van der Waals surface area (Å²) in [6.45, 7) is 2.59. The van der Waals surface area contributed by atoms with E-state index in [0.717, 1.165) is 17.2 Å². The Morgan fingerprint density at radius 2 is 2.08 bits per heavy atom. The van der Waals surface area contributed by atoms with Crippen LogP contribution in [0.1, 0.15) is 38.4 Å². The van der Waals surface area contributed by atoms with Crippen LogP contribution in [0.25, 0.3) is 11.4 Å². The smallest absolute Gasteiger partial charge is 0.224 e. The lowest BCUT2D eigenvalue weighted by Crippen LogP contribution is -2.15. The van der Waals surface area contributed by atoms with E-state index < -0.39 is 0 Å². The monoisotopic (exact) mass is 349 g/mol. The van der Waals surface area contributed by atoms with Crippen LogP contribution < -0.4 is 11.1 Å². The molecule has 24 heavy (non-hydrogen) atoms. The van der Waals surface area contributed by atoms with Gasteiger partial charge < -0.3 is 11.1 Å². The summed E-state index contributed by atoms with van der Waals surface area (Å²) in [6, 6.07) is 7.55. The van der Waals surface area contributed by atoms with Gasteiger partial charge in [0.25, 0.3) is 0 Å². The Kier molecular flexibility index (Phi) is 6.34. The van der Waals surface area contributed by atoms with E-state index in [0.29, 0.717) is 30.5 Å². The summed E-state index contributed by atoms with van der Waals surface area (Å²) in [6.07, 6.45) is 4.20. The molecule has 1 heterocycles. The number of hydrogen-bond donors (Lipinski definition) is 3. The third-order valence-electron chi connectivity index (χ3n) is 4.43. The number of aromatic amines is 1. The van der Waals surface area contributed by atoms with Gasteiger partial charge in [-0.1, -0.05) is 13.3 Å². The van der Waals surface area contributed by atoms with Gasteiger partial charge in [-0.15, -0.1) is 12.4 Å². The van der Waals surface area contributed by atoms with Crippen LogP contribution in [0.3, 0.4) is 0 Å². The minimum atomic E-state index is 0. The molecule has 3 rings (SSSR count). The summed E-state index contributed by atoms with van der Waals surface area (Å²) in [5, 5.41) is 9.88. The fourth-order valence-electron chi connectivity index (χ4n) is 3.20. The van der Waals surface area contributed by atoms with E-state index in [1.807, 2.05) is 24.3 Å². The van der Waals surface area contributed by atoms with E-state index >= 15 is 0 Å². The van der Waals surface area contributed by atoms with Gasteiger partial charge in [-0.3, -0.25) is 9.89 Å². The Balaban J connectivity index is 0.00000208. The largest absolute Gasteiger partial charge is 0.326 e. The first-order valence-electron chi connectivity index (χ1n) is 8.15. The third kappa shape index (κ3) is 4.55. The van der Waals surface area contributed by atoms with Crippen molar-refractivity contribution in [3.63, 3.8) is 0 Å². The van der Waals surface area contributed by atoms with Crippen molar-refractivity contribution in [1.82, 2.24) is 15.2 Å². The molecule has 1 saturated carbocycles. The van der Waals surface area contributed by atoms with E-state index in [4.69, 9.17) is 5.73 Å². The highest BCUT2D eigenvalue weighted by atomic mass is 35.5. The van der Waals surface area contributed by atoms with Gasteiger partial charge in [-0.25, -0.2) is 4.98 Å². The van der Waals surface area contributed by atoms with Gasteiger partial charge in [-0.05, 0) is 48.9 Å². The molecule has 1 aliphatic rings. The summed E-state index contributed by atoms with van der Waals surface area (Å²) in [5.74, 6) is 2.66. The topological polar surface area (TPSA) is 96.7 Å². The quantitative estimate of drug-likeness (QED) is 0.772. The number of nitrogens with one attached hydrogen (secondary N) is 2. The molecule has 1 fully saturated rings. The molecule has 1 aromatic heterocycles. The number of rotatable bonds is 5. The molecular weight excluding hydrogens is 326 g/mol. The minimum absolute atomic E-state index is 0. The van der Waals surface area contributed by atoms with Gasteiger partial charge in [0, 0.05) is 17.7 Å². The zero-order chi connectivity index (χ0) is 16.2. The van der Waals surface area contributed by atoms with Crippen molar-refractivity contribution in [2.45, 2.75) is 39.2 Å². The molecule has 6 nitrogen and oxygen atoms in total. The molecular formula is C17H24ClN5O. The maximum Gasteiger partial charge on any atom is 0.224 e. The number of carbonyl (C=O) groups excluding carboxylic acids is 1. The highest BCUT2D eigenvalue weighted by molar-refractivity contribution is 5.91. The first-order valence-corrected chi connectivity index (χ1v) is 8.15. The van der Waals surface area contributed by atoms with E-state index in [2.05, 4.69) is 27.4 Å². The summed E-state index contributed by atoms with van der Waals surface area (Å²) >= 11 is 0.